The SMILES string of the molecule is COc1ccc(NC(=O)c2ccnc(OC)c2S(=O)Cc2ccccc2)cc1. The molecule has 7 heteroatoms. The summed E-state index contributed by atoms with van der Waals surface area (Å²) in [6, 6.07) is 17.9. The highest BCUT2D eigenvalue weighted by Gasteiger charge is 2.22. The van der Waals surface area contributed by atoms with Crippen molar-refractivity contribution < 1.29 is 18.5 Å². The number of carbonyl (C=O) groups is 1. The fourth-order valence-corrected chi connectivity index (χ4v) is 4.02. The first-order valence-corrected chi connectivity index (χ1v) is 9.85. The molecule has 0 saturated heterocycles. The lowest BCUT2D eigenvalue weighted by Gasteiger charge is -2.13. The van der Waals surface area contributed by atoms with Gasteiger partial charge in [-0.05, 0) is 35.9 Å². The minimum Gasteiger partial charge on any atom is -0.497 e. The first-order valence-electron chi connectivity index (χ1n) is 8.53. The van der Waals surface area contributed by atoms with Gasteiger partial charge < -0.3 is 14.8 Å². The molecule has 28 heavy (non-hydrogen) atoms. The summed E-state index contributed by atoms with van der Waals surface area (Å²) in [7, 11) is 1.51. The molecule has 6 nitrogen and oxygen atoms in total. The van der Waals surface area contributed by atoms with E-state index in [4.69, 9.17) is 9.47 Å². The standard InChI is InChI=1S/C21H20N2O4S/c1-26-17-10-8-16(9-11-17)23-20(24)18-12-13-22-21(27-2)19(18)28(25)14-15-6-4-3-5-7-15/h3-13H,14H2,1-2H3,(H,23,24). The molecule has 0 radical (unpaired) electrons. The van der Waals surface area contributed by atoms with Crippen LogP contribution in [0.3, 0.4) is 0 Å². The number of rotatable bonds is 7. The minimum absolute atomic E-state index is 0.177. The fourth-order valence-electron chi connectivity index (χ4n) is 2.64. The number of nitrogens with zero attached hydrogens (tertiary/aromatic N) is 1. The Labute approximate surface area is 166 Å². The number of amides is 1. The van der Waals surface area contributed by atoms with E-state index in [9.17, 15) is 9.00 Å². The van der Waals surface area contributed by atoms with Crippen LogP contribution in [0.25, 0.3) is 0 Å². The zero-order chi connectivity index (χ0) is 19.9. The molecule has 1 aromatic heterocycles. The zero-order valence-corrected chi connectivity index (χ0v) is 16.4. The lowest BCUT2D eigenvalue weighted by atomic mass is 10.2. The van der Waals surface area contributed by atoms with Crippen molar-refractivity contribution in [2.75, 3.05) is 19.5 Å². The second kappa shape index (κ2) is 9.14. The number of nitrogens with one attached hydrogen (secondary N) is 1. The van der Waals surface area contributed by atoms with Crippen molar-refractivity contribution in [2.24, 2.45) is 0 Å². The van der Waals surface area contributed by atoms with E-state index in [2.05, 4.69) is 10.3 Å². The van der Waals surface area contributed by atoms with Gasteiger partial charge in [-0.3, -0.25) is 9.00 Å². The lowest BCUT2D eigenvalue weighted by molar-refractivity contribution is 0.102. The monoisotopic (exact) mass is 396 g/mol. The van der Waals surface area contributed by atoms with E-state index >= 15 is 0 Å². The normalized spacial score (nSPS) is 11.5. The van der Waals surface area contributed by atoms with Gasteiger partial charge in [0.25, 0.3) is 5.91 Å². The van der Waals surface area contributed by atoms with E-state index in [0.717, 1.165) is 5.56 Å². The summed E-state index contributed by atoms with van der Waals surface area (Å²) in [5.41, 5.74) is 1.76. The molecular formula is C21H20N2O4S. The third-order valence-electron chi connectivity index (χ3n) is 4.03. The first kappa shape index (κ1) is 19.6. The maximum atomic E-state index is 13.0. The maximum absolute atomic E-state index is 13.0. The molecule has 0 bridgehead atoms. The van der Waals surface area contributed by atoms with Gasteiger partial charge >= 0.3 is 0 Å². The van der Waals surface area contributed by atoms with Crippen molar-refractivity contribution in [3.8, 4) is 11.6 Å². The quantitative estimate of drug-likeness (QED) is 0.659. The van der Waals surface area contributed by atoms with E-state index < -0.39 is 10.8 Å². The molecule has 0 aliphatic rings. The summed E-state index contributed by atoms with van der Waals surface area (Å²) in [5.74, 6) is 0.735. The minimum atomic E-state index is -1.51. The predicted molar refractivity (Wildman–Crippen MR) is 108 cm³/mol. The molecule has 0 spiro atoms. The van der Waals surface area contributed by atoms with Gasteiger partial charge in [0.15, 0.2) is 0 Å². The van der Waals surface area contributed by atoms with E-state index in [1.807, 2.05) is 30.3 Å². The van der Waals surface area contributed by atoms with Crippen molar-refractivity contribution in [3.05, 3.63) is 78.0 Å². The number of hydrogen-bond donors (Lipinski definition) is 1. The van der Waals surface area contributed by atoms with Crippen LogP contribution >= 0.6 is 0 Å². The Hall–Kier alpha value is -3.19. The van der Waals surface area contributed by atoms with Gasteiger partial charge in [0.2, 0.25) is 5.88 Å². The summed E-state index contributed by atoms with van der Waals surface area (Å²) in [6.07, 6.45) is 1.46. The maximum Gasteiger partial charge on any atom is 0.257 e. The molecule has 2 aromatic carbocycles. The Morgan fingerprint density at radius 3 is 2.36 bits per heavy atom. The summed E-state index contributed by atoms with van der Waals surface area (Å²) in [5, 5.41) is 2.81. The number of benzene rings is 2. The fraction of sp³-hybridized carbons (Fsp3) is 0.143. The van der Waals surface area contributed by atoms with Crippen molar-refractivity contribution in [1.29, 1.82) is 0 Å². The van der Waals surface area contributed by atoms with E-state index in [1.54, 1.807) is 37.4 Å². The smallest absolute Gasteiger partial charge is 0.257 e. The average molecular weight is 396 g/mol. The van der Waals surface area contributed by atoms with Crippen LogP contribution in [0.4, 0.5) is 5.69 Å². The molecule has 0 saturated carbocycles. The number of ether oxygens (including phenoxy) is 2. The summed E-state index contributed by atoms with van der Waals surface area (Å²) in [6.45, 7) is 0. The van der Waals surface area contributed by atoms with Gasteiger partial charge in [0.05, 0.1) is 36.3 Å². The number of pyridine rings is 1. The third kappa shape index (κ3) is 4.55. The van der Waals surface area contributed by atoms with E-state index in [1.165, 1.54) is 13.3 Å². The zero-order valence-electron chi connectivity index (χ0n) is 15.5. The Morgan fingerprint density at radius 1 is 1.00 bits per heavy atom. The molecule has 3 rings (SSSR count). The van der Waals surface area contributed by atoms with Crippen LogP contribution in [0.2, 0.25) is 0 Å². The van der Waals surface area contributed by atoms with Crippen LogP contribution in [-0.4, -0.2) is 29.3 Å². The van der Waals surface area contributed by atoms with Gasteiger partial charge in [-0.15, -0.1) is 0 Å². The second-order valence-electron chi connectivity index (χ2n) is 5.85. The van der Waals surface area contributed by atoms with Crippen molar-refractivity contribution in [2.45, 2.75) is 10.6 Å². The molecule has 0 aliphatic heterocycles. The summed E-state index contributed by atoms with van der Waals surface area (Å²) >= 11 is 0. The van der Waals surface area contributed by atoms with Crippen LogP contribution in [0, 0.1) is 0 Å². The van der Waals surface area contributed by atoms with Gasteiger partial charge in [-0.1, -0.05) is 30.3 Å². The number of hydrogen-bond acceptors (Lipinski definition) is 5. The number of anilines is 1. The summed E-state index contributed by atoms with van der Waals surface area (Å²) < 4.78 is 23.4. The Bertz CT molecular complexity index is 975. The lowest BCUT2D eigenvalue weighted by Crippen LogP contribution is -2.16. The number of methoxy groups -OCH3 is 2. The highest BCUT2D eigenvalue weighted by Crippen LogP contribution is 2.27. The topological polar surface area (TPSA) is 77.5 Å². The van der Waals surface area contributed by atoms with Gasteiger partial charge in [-0.2, -0.15) is 0 Å². The third-order valence-corrected chi connectivity index (χ3v) is 5.47. The van der Waals surface area contributed by atoms with Crippen LogP contribution < -0.4 is 14.8 Å². The number of aromatic nitrogens is 1. The van der Waals surface area contributed by atoms with Crippen LogP contribution in [0.5, 0.6) is 11.6 Å². The van der Waals surface area contributed by atoms with Crippen LogP contribution in [0.15, 0.2) is 71.8 Å². The van der Waals surface area contributed by atoms with Crippen LogP contribution in [0.1, 0.15) is 15.9 Å². The molecule has 0 aliphatic carbocycles. The average Bonchev–Trinajstić information content (AvgIpc) is 2.74. The van der Waals surface area contributed by atoms with Gasteiger partial charge in [0, 0.05) is 11.9 Å². The molecule has 1 atom stereocenters. The molecule has 0 fully saturated rings. The Kier molecular flexibility index (Phi) is 6.39. The molecule has 1 unspecified atom stereocenters. The van der Waals surface area contributed by atoms with Crippen molar-refractivity contribution in [3.63, 3.8) is 0 Å². The van der Waals surface area contributed by atoms with Crippen LogP contribution in [-0.2, 0) is 16.6 Å². The molecule has 144 valence electrons. The van der Waals surface area contributed by atoms with E-state index in [0.29, 0.717) is 11.4 Å². The van der Waals surface area contributed by atoms with E-state index in [-0.39, 0.29) is 28.0 Å². The summed E-state index contributed by atoms with van der Waals surface area (Å²) in [4.78, 5) is 17.3. The largest absolute Gasteiger partial charge is 0.497 e. The molecule has 1 heterocycles. The predicted octanol–water partition coefficient (Wildman–Crippen LogP) is 3.66. The second-order valence-corrected chi connectivity index (χ2v) is 7.24. The van der Waals surface area contributed by atoms with Gasteiger partial charge in [-0.25, -0.2) is 4.98 Å². The molecule has 3 aromatic rings. The first-order chi connectivity index (χ1) is 13.6. The Morgan fingerprint density at radius 2 is 1.71 bits per heavy atom. The van der Waals surface area contributed by atoms with Crippen molar-refractivity contribution >= 4 is 22.4 Å². The van der Waals surface area contributed by atoms with Crippen molar-refractivity contribution in [1.82, 2.24) is 4.98 Å². The molecule has 1 amide bonds. The molecular weight excluding hydrogens is 376 g/mol. The number of carbonyl (C=O) groups excluding carboxylic acids is 1. The Balaban J connectivity index is 1.89. The highest BCUT2D eigenvalue weighted by molar-refractivity contribution is 7.84. The van der Waals surface area contributed by atoms with Gasteiger partial charge in [0.1, 0.15) is 10.6 Å². The highest BCUT2D eigenvalue weighted by atomic mass is 32.2. The molecule has 1 N–H and O–H groups in total.